The Hall–Kier alpha value is -2.02. The molecule has 0 aliphatic heterocycles. The molecule has 18 heavy (non-hydrogen) atoms. The van der Waals surface area contributed by atoms with Crippen LogP contribution in [0.5, 0.6) is 5.88 Å². The van der Waals surface area contributed by atoms with E-state index in [0.29, 0.717) is 29.8 Å². The molecule has 2 aromatic heterocycles. The van der Waals surface area contributed by atoms with Crippen LogP contribution >= 0.6 is 0 Å². The van der Waals surface area contributed by atoms with Gasteiger partial charge in [0, 0.05) is 12.6 Å². The number of nitrogens with two attached hydrogens (primary N) is 1. The van der Waals surface area contributed by atoms with Gasteiger partial charge in [-0.3, -0.25) is 0 Å². The van der Waals surface area contributed by atoms with Gasteiger partial charge < -0.3 is 15.0 Å². The van der Waals surface area contributed by atoms with Crippen LogP contribution in [0.1, 0.15) is 19.7 Å². The summed E-state index contributed by atoms with van der Waals surface area (Å²) in [4.78, 5) is 12.3. The molecule has 0 aliphatic carbocycles. The molecule has 0 radical (unpaired) electrons. The molecule has 0 amide bonds. The second kappa shape index (κ2) is 4.69. The summed E-state index contributed by atoms with van der Waals surface area (Å²) in [5.41, 5.74) is 5.85. The van der Waals surface area contributed by atoms with Crippen LogP contribution < -0.4 is 10.5 Å². The van der Waals surface area contributed by atoms with E-state index in [-0.39, 0.29) is 5.41 Å². The van der Waals surface area contributed by atoms with Crippen LogP contribution in [0.2, 0.25) is 0 Å². The average Bonchev–Trinajstić information content (AvgIpc) is 2.89. The van der Waals surface area contributed by atoms with Crippen molar-refractivity contribution in [2.24, 2.45) is 5.73 Å². The summed E-state index contributed by atoms with van der Waals surface area (Å²) in [6.45, 7) is 4.29. The van der Waals surface area contributed by atoms with Crippen molar-refractivity contribution in [1.82, 2.24) is 20.1 Å². The van der Waals surface area contributed by atoms with Crippen LogP contribution in [0, 0.1) is 0 Å². The Bertz CT molecular complexity index is 538. The Balaban J connectivity index is 2.35. The number of ether oxygens (including phenoxy) is 1. The number of hydrogen-bond donors (Lipinski definition) is 1. The summed E-state index contributed by atoms with van der Waals surface area (Å²) in [5.74, 6) is 1.33. The summed E-state index contributed by atoms with van der Waals surface area (Å²) in [6, 6.07) is 1.64. The van der Waals surface area contributed by atoms with Crippen LogP contribution in [0.3, 0.4) is 0 Å². The number of aromatic nitrogens is 4. The van der Waals surface area contributed by atoms with Crippen LogP contribution in [0.25, 0.3) is 11.5 Å². The van der Waals surface area contributed by atoms with Crippen molar-refractivity contribution in [3.8, 4) is 17.4 Å². The Morgan fingerprint density at radius 3 is 2.83 bits per heavy atom. The Labute approximate surface area is 104 Å². The topological polar surface area (TPSA) is 100.0 Å². The standard InChI is InChI=1S/C11H15N5O2/c1-11(2,5-12)10-15-9(16-18-10)7-4-8(17-3)14-6-13-7/h4,6H,5,12H2,1-3H3. The van der Waals surface area contributed by atoms with Crippen LogP contribution in [0.4, 0.5) is 0 Å². The van der Waals surface area contributed by atoms with E-state index in [1.54, 1.807) is 6.07 Å². The molecule has 0 bridgehead atoms. The number of hydrogen-bond acceptors (Lipinski definition) is 7. The smallest absolute Gasteiger partial charge is 0.233 e. The monoisotopic (exact) mass is 249 g/mol. The van der Waals surface area contributed by atoms with Gasteiger partial charge in [-0.2, -0.15) is 4.98 Å². The molecule has 0 atom stereocenters. The second-order valence-corrected chi connectivity index (χ2v) is 4.46. The minimum Gasteiger partial charge on any atom is -0.481 e. The fraction of sp³-hybridized carbons (Fsp3) is 0.455. The first-order valence-electron chi connectivity index (χ1n) is 5.47. The van der Waals surface area contributed by atoms with E-state index < -0.39 is 0 Å². The Morgan fingerprint density at radius 2 is 2.17 bits per heavy atom. The third kappa shape index (κ3) is 2.30. The quantitative estimate of drug-likeness (QED) is 0.854. The summed E-state index contributed by atoms with van der Waals surface area (Å²) in [6.07, 6.45) is 1.39. The first-order valence-corrected chi connectivity index (χ1v) is 5.47. The zero-order chi connectivity index (χ0) is 13.2. The summed E-state index contributed by atoms with van der Waals surface area (Å²) < 4.78 is 10.2. The van der Waals surface area contributed by atoms with E-state index in [1.807, 2.05) is 13.8 Å². The minimum absolute atomic E-state index is 0.359. The molecule has 0 aromatic carbocycles. The fourth-order valence-electron chi connectivity index (χ4n) is 1.26. The molecule has 0 spiro atoms. The molecule has 7 nitrogen and oxygen atoms in total. The van der Waals surface area contributed by atoms with Crippen molar-refractivity contribution in [1.29, 1.82) is 0 Å². The van der Waals surface area contributed by atoms with Gasteiger partial charge in [0.2, 0.25) is 17.6 Å². The molecular formula is C11H15N5O2. The highest BCUT2D eigenvalue weighted by molar-refractivity contribution is 5.49. The molecule has 7 heteroatoms. The SMILES string of the molecule is COc1cc(-c2noc(C(C)(C)CN)n2)ncn1. The lowest BCUT2D eigenvalue weighted by atomic mass is 9.94. The van der Waals surface area contributed by atoms with Crippen molar-refractivity contribution in [3.05, 3.63) is 18.3 Å². The highest BCUT2D eigenvalue weighted by Gasteiger charge is 2.26. The third-order valence-electron chi connectivity index (χ3n) is 2.60. The predicted octanol–water partition coefficient (Wildman–Crippen LogP) is 0.771. The van der Waals surface area contributed by atoms with Crippen LogP contribution in [0.15, 0.2) is 16.9 Å². The minimum atomic E-state index is -0.359. The zero-order valence-electron chi connectivity index (χ0n) is 10.5. The van der Waals surface area contributed by atoms with Gasteiger partial charge in [0.05, 0.1) is 12.5 Å². The third-order valence-corrected chi connectivity index (χ3v) is 2.60. The lowest BCUT2D eigenvalue weighted by Gasteiger charge is -2.15. The van der Waals surface area contributed by atoms with Crippen molar-refractivity contribution in [2.45, 2.75) is 19.3 Å². The predicted molar refractivity (Wildman–Crippen MR) is 64.0 cm³/mol. The number of nitrogens with zero attached hydrogens (tertiary/aromatic N) is 4. The molecule has 0 aliphatic rings. The van der Waals surface area contributed by atoms with Gasteiger partial charge in [0.1, 0.15) is 12.0 Å². The molecule has 2 rings (SSSR count). The van der Waals surface area contributed by atoms with E-state index in [1.165, 1.54) is 13.4 Å². The molecule has 0 saturated carbocycles. The van der Waals surface area contributed by atoms with Gasteiger partial charge >= 0.3 is 0 Å². The van der Waals surface area contributed by atoms with E-state index in [0.717, 1.165) is 0 Å². The average molecular weight is 249 g/mol. The van der Waals surface area contributed by atoms with Crippen molar-refractivity contribution in [2.75, 3.05) is 13.7 Å². The lowest BCUT2D eigenvalue weighted by molar-refractivity contribution is 0.311. The van der Waals surface area contributed by atoms with Crippen LogP contribution in [-0.2, 0) is 5.41 Å². The Morgan fingerprint density at radius 1 is 1.39 bits per heavy atom. The van der Waals surface area contributed by atoms with E-state index >= 15 is 0 Å². The molecule has 0 fully saturated rings. The lowest BCUT2D eigenvalue weighted by Crippen LogP contribution is -2.28. The van der Waals surface area contributed by atoms with Crippen molar-refractivity contribution >= 4 is 0 Å². The largest absolute Gasteiger partial charge is 0.481 e. The molecule has 96 valence electrons. The van der Waals surface area contributed by atoms with Gasteiger partial charge in [-0.15, -0.1) is 0 Å². The van der Waals surface area contributed by atoms with Gasteiger partial charge in [0.25, 0.3) is 0 Å². The maximum absolute atomic E-state index is 5.66. The molecule has 2 aromatic rings. The number of rotatable bonds is 4. The van der Waals surface area contributed by atoms with Gasteiger partial charge in [-0.1, -0.05) is 5.16 Å². The highest BCUT2D eigenvalue weighted by Crippen LogP contribution is 2.23. The normalized spacial score (nSPS) is 11.6. The number of methoxy groups -OCH3 is 1. The molecule has 0 saturated heterocycles. The molecule has 0 unspecified atom stereocenters. The molecular weight excluding hydrogens is 234 g/mol. The zero-order valence-corrected chi connectivity index (χ0v) is 10.5. The van der Waals surface area contributed by atoms with Gasteiger partial charge in [0.15, 0.2) is 0 Å². The van der Waals surface area contributed by atoms with E-state index in [4.69, 9.17) is 15.0 Å². The molecule has 2 N–H and O–H groups in total. The van der Waals surface area contributed by atoms with E-state index in [2.05, 4.69) is 20.1 Å². The van der Waals surface area contributed by atoms with Crippen molar-refractivity contribution < 1.29 is 9.26 Å². The van der Waals surface area contributed by atoms with Crippen LogP contribution in [-0.4, -0.2) is 33.8 Å². The highest BCUT2D eigenvalue weighted by atomic mass is 16.5. The summed E-state index contributed by atoms with van der Waals surface area (Å²) in [7, 11) is 1.53. The Kier molecular flexibility index (Phi) is 3.24. The van der Waals surface area contributed by atoms with E-state index in [9.17, 15) is 0 Å². The summed E-state index contributed by atoms with van der Waals surface area (Å²) >= 11 is 0. The fourth-order valence-corrected chi connectivity index (χ4v) is 1.26. The molecule has 2 heterocycles. The summed E-state index contributed by atoms with van der Waals surface area (Å²) in [5, 5.41) is 3.89. The first kappa shape index (κ1) is 12.4. The van der Waals surface area contributed by atoms with Crippen molar-refractivity contribution in [3.63, 3.8) is 0 Å². The maximum Gasteiger partial charge on any atom is 0.233 e. The maximum atomic E-state index is 5.66. The van der Waals surface area contributed by atoms with Gasteiger partial charge in [-0.05, 0) is 13.8 Å². The second-order valence-electron chi connectivity index (χ2n) is 4.46. The first-order chi connectivity index (χ1) is 8.56. The van der Waals surface area contributed by atoms with Gasteiger partial charge in [-0.25, -0.2) is 9.97 Å².